The molecular formula is C97H100O29. The molecule has 9 aromatic carbocycles. The summed E-state index contributed by atoms with van der Waals surface area (Å²) in [6, 6.07) is 79.5. The molecule has 29 heteroatoms. The minimum Gasteiger partial charge on any atom is -0.456 e. The number of ether oxygens (including phenoxy) is 21. The molecule has 4 aliphatic rings. The molecule has 0 radical (unpaired) electrons. The summed E-state index contributed by atoms with van der Waals surface area (Å²) in [5.41, 5.74) is 4.55. The first kappa shape index (κ1) is 91.9. The van der Waals surface area contributed by atoms with E-state index in [2.05, 4.69) is 0 Å². The molecule has 4 aliphatic heterocycles. The van der Waals surface area contributed by atoms with Gasteiger partial charge in [-0.2, -0.15) is 0 Å². The van der Waals surface area contributed by atoms with E-state index in [9.17, 15) is 24.0 Å². The fourth-order valence-corrected chi connectivity index (χ4v) is 14.9. The molecule has 9 aromatic rings. The largest absolute Gasteiger partial charge is 0.456 e. The quantitative estimate of drug-likeness (QED) is 0.0255. The van der Waals surface area contributed by atoms with Crippen LogP contribution < -0.4 is 0 Å². The lowest BCUT2D eigenvalue weighted by Crippen LogP contribution is -2.67. The Hall–Kier alpha value is -11.8. The molecule has 4 saturated heterocycles. The van der Waals surface area contributed by atoms with Crippen molar-refractivity contribution in [2.45, 2.75) is 197 Å². The van der Waals surface area contributed by atoms with Crippen LogP contribution in [0.3, 0.4) is 0 Å². The summed E-state index contributed by atoms with van der Waals surface area (Å²) in [4.78, 5) is 112. The van der Waals surface area contributed by atoms with E-state index in [1.54, 1.807) is 54.6 Å². The molecule has 0 spiro atoms. The maximum atomic E-state index is 15.2. The Morgan fingerprint density at radius 2 is 0.452 bits per heavy atom. The number of carbonyl (C=O) groups excluding carboxylic acids is 8. The molecule has 4 fully saturated rings. The summed E-state index contributed by atoms with van der Waals surface area (Å²) in [6.45, 7) is 3.26. The van der Waals surface area contributed by atoms with Gasteiger partial charge >= 0.3 is 47.8 Å². The Kier molecular flexibility index (Phi) is 33.9. The SMILES string of the molecule is CC(=O)OC1OC(COC2OC(COC3OC(COCc4ccccc4)C(OCc4ccccc4)C(OCc4ccccc4)C3OC3OC(COCc4ccccc4)C(OCc4ccccc4)C(OCc4ccccc4)C3OC(C)=O)C(OC(=O)c3ccccc3)C(OC(=O)c3ccccc3)C2OC(=O)c2ccccc2)C(OC(C)=O)C(OC(C)=O)C1OC(C)=O. The van der Waals surface area contributed by atoms with Crippen LogP contribution in [0.5, 0.6) is 0 Å². The highest BCUT2D eigenvalue weighted by molar-refractivity contribution is 5.91. The van der Waals surface area contributed by atoms with Crippen LogP contribution in [0.4, 0.5) is 0 Å². The lowest BCUT2D eigenvalue weighted by molar-refractivity contribution is -0.384. The normalized spacial score (nSPS) is 25.8. The van der Waals surface area contributed by atoms with E-state index in [1.165, 1.54) is 43.3 Å². The van der Waals surface area contributed by atoms with E-state index in [4.69, 9.17) is 99.5 Å². The Balaban J connectivity index is 0.970. The van der Waals surface area contributed by atoms with Gasteiger partial charge in [0.2, 0.25) is 12.4 Å². The Morgan fingerprint density at radius 1 is 0.214 bits per heavy atom. The van der Waals surface area contributed by atoms with E-state index in [0.717, 1.165) is 55.5 Å². The van der Waals surface area contributed by atoms with Crippen LogP contribution in [0.15, 0.2) is 273 Å². The molecule has 13 rings (SSSR count). The van der Waals surface area contributed by atoms with Gasteiger partial charge in [-0.1, -0.05) is 237 Å². The Labute approximate surface area is 728 Å². The highest BCUT2D eigenvalue weighted by Crippen LogP contribution is 2.40. The summed E-state index contributed by atoms with van der Waals surface area (Å²) in [5, 5.41) is 0. The molecule has 0 bridgehead atoms. The van der Waals surface area contributed by atoms with Gasteiger partial charge in [0.25, 0.3) is 0 Å². The Morgan fingerprint density at radius 3 is 0.810 bits per heavy atom. The maximum absolute atomic E-state index is 15.2. The third-order valence-electron chi connectivity index (χ3n) is 20.7. The van der Waals surface area contributed by atoms with E-state index >= 15 is 14.4 Å². The lowest BCUT2D eigenvalue weighted by atomic mass is 9.95. The second-order valence-electron chi connectivity index (χ2n) is 30.1. The van der Waals surface area contributed by atoms with E-state index in [0.29, 0.717) is 5.56 Å². The van der Waals surface area contributed by atoms with Crippen molar-refractivity contribution in [3.63, 3.8) is 0 Å². The van der Waals surface area contributed by atoms with Gasteiger partial charge in [-0.15, -0.1) is 0 Å². The van der Waals surface area contributed by atoms with Crippen molar-refractivity contribution in [1.29, 1.82) is 0 Å². The van der Waals surface area contributed by atoms with Gasteiger partial charge in [-0.3, -0.25) is 24.0 Å². The first-order chi connectivity index (χ1) is 61.3. The van der Waals surface area contributed by atoms with Crippen molar-refractivity contribution in [2.75, 3.05) is 26.4 Å². The van der Waals surface area contributed by atoms with Crippen LogP contribution in [-0.4, -0.2) is 197 Å². The van der Waals surface area contributed by atoms with Crippen molar-refractivity contribution in [3.05, 3.63) is 323 Å². The highest BCUT2D eigenvalue weighted by atomic mass is 16.8. The maximum Gasteiger partial charge on any atom is 0.338 e. The Bertz CT molecular complexity index is 4900. The molecule has 29 nitrogen and oxygen atoms in total. The van der Waals surface area contributed by atoms with Crippen LogP contribution in [0.2, 0.25) is 0 Å². The van der Waals surface area contributed by atoms with Crippen LogP contribution >= 0.6 is 0 Å². The molecule has 0 aromatic heterocycles. The summed E-state index contributed by atoms with van der Waals surface area (Å²) in [6.07, 6.45) is -32.7. The van der Waals surface area contributed by atoms with Crippen LogP contribution in [-0.2, 0) is 163 Å². The van der Waals surface area contributed by atoms with E-state index in [-0.39, 0.29) is 69.5 Å². The number of benzene rings is 9. The lowest BCUT2D eigenvalue weighted by Gasteiger charge is -2.50. The third-order valence-corrected chi connectivity index (χ3v) is 20.7. The monoisotopic (exact) mass is 1730 g/mol. The van der Waals surface area contributed by atoms with Crippen LogP contribution in [0.1, 0.15) is 99.1 Å². The van der Waals surface area contributed by atoms with Crippen molar-refractivity contribution in [2.24, 2.45) is 0 Å². The van der Waals surface area contributed by atoms with Crippen LogP contribution in [0.25, 0.3) is 0 Å². The fraction of sp³-hybridized carbons (Fsp3) is 0.361. The third kappa shape index (κ3) is 26.2. The standard InChI is InChI=1S/C97H100O29/c1-61(98)114-81-77(122-96(118-65(5)102)90(117-64(4)101)85(81)115-62(2)99)59-113-95-89(125-93(105)74-49-31-14-32-50-74)86(124-92(104)73-47-29-13-30-48-73)82(123-91(103)72-45-27-12-28-46-72)78(120-95)60-112-94-87(83(110-55-70-41-23-10-24-42-70)79(108-53-68-37-19-8-20-38-68)75(119-94)57-106-51-66-33-15-6-16-34-66)126-97-88(116-63(3)100)84(111-56-71-43-25-11-26-44-71)80(109-54-69-39-21-9-22-40-69)76(121-97)58-107-52-67-35-17-7-18-36-67/h6-50,75-90,94-97H,51-60H2,1-5H3. The minimum absolute atomic E-state index is 0.0103. The fourth-order valence-electron chi connectivity index (χ4n) is 14.9. The second-order valence-corrected chi connectivity index (χ2v) is 30.1. The van der Waals surface area contributed by atoms with Gasteiger partial charge in [0.15, 0.2) is 55.5 Å². The predicted molar refractivity (Wildman–Crippen MR) is 445 cm³/mol. The second kappa shape index (κ2) is 46.4. The summed E-state index contributed by atoms with van der Waals surface area (Å²) < 4.78 is 141. The molecule has 4 heterocycles. The summed E-state index contributed by atoms with van der Waals surface area (Å²) in [5.74, 6) is -7.72. The molecule has 0 N–H and O–H groups in total. The van der Waals surface area contributed by atoms with E-state index in [1.807, 2.05) is 182 Å². The smallest absolute Gasteiger partial charge is 0.338 e. The van der Waals surface area contributed by atoms with Gasteiger partial charge in [0, 0.05) is 34.6 Å². The average Bonchev–Trinajstić information content (AvgIpc) is 0.766. The number of esters is 8. The summed E-state index contributed by atoms with van der Waals surface area (Å²) in [7, 11) is 0. The van der Waals surface area contributed by atoms with Crippen molar-refractivity contribution in [3.8, 4) is 0 Å². The molecular weight excluding hydrogens is 1630 g/mol. The zero-order valence-electron chi connectivity index (χ0n) is 69.9. The number of carbonyl (C=O) groups is 8. The van der Waals surface area contributed by atoms with Crippen molar-refractivity contribution >= 4 is 47.8 Å². The molecule has 20 atom stereocenters. The summed E-state index contributed by atoms with van der Waals surface area (Å²) >= 11 is 0. The molecule has 0 saturated carbocycles. The molecule has 0 aliphatic carbocycles. The van der Waals surface area contributed by atoms with Gasteiger partial charge in [-0.25, -0.2) is 14.4 Å². The molecule has 126 heavy (non-hydrogen) atoms. The first-order valence-electron chi connectivity index (χ1n) is 41.3. The average molecular weight is 1730 g/mol. The van der Waals surface area contributed by atoms with E-state index < -0.39 is 184 Å². The predicted octanol–water partition coefficient (Wildman–Crippen LogP) is 12.0. The number of rotatable bonds is 39. The minimum atomic E-state index is -2.07. The molecule has 20 unspecified atom stereocenters. The van der Waals surface area contributed by atoms with Crippen molar-refractivity contribution in [1.82, 2.24) is 0 Å². The zero-order valence-corrected chi connectivity index (χ0v) is 69.9. The zero-order chi connectivity index (χ0) is 88.1. The van der Waals surface area contributed by atoms with Crippen molar-refractivity contribution < 1.29 is 138 Å². The van der Waals surface area contributed by atoms with Gasteiger partial charge in [0.05, 0.1) is 82.8 Å². The number of hydrogen-bond donors (Lipinski definition) is 0. The van der Waals surface area contributed by atoms with Gasteiger partial charge in [-0.05, 0) is 69.8 Å². The molecule has 662 valence electrons. The highest BCUT2D eigenvalue weighted by Gasteiger charge is 2.60. The number of hydrogen-bond acceptors (Lipinski definition) is 29. The van der Waals surface area contributed by atoms with Gasteiger partial charge < -0.3 is 99.5 Å². The van der Waals surface area contributed by atoms with Gasteiger partial charge in [0.1, 0.15) is 54.9 Å². The molecule has 0 amide bonds. The topological polar surface area (TPSA) is 330 Å². The first-order valence-corrected chi connectivity index (χ1v) is 41.3. The van der Waals surface area contributed by atoms with Crippen LogP contribution in [0, 0.1) is 0 Å².